The number of nitrogens with one attached hydrogen (secondary N) is 2. The Morgan fingerprint density at radius 2 is 2.21 bits per heavy atom. The average molecular weight is 347 g/mol. The zero-order valence-corrected chi connectivity index (χ0v) is 14.0. The lowest BCUT2D eigenvalue weighted by Gasteiger charge is -2.16. The van der Waals surface area contributed by atoms with Gasteiger partial charge in [-0.2, -0.15) is 5.10 Å². The molecule has 2 rings (SSSR count). The number of pyridine rings is 1. The number of H-pyrrole nitrogens is 1. The first-order chi connectivity index (χ1) is 11.5. The van der Waals surface area contributed by atoms with Gasteiger partial charge in [-0.1, -0.05) is 6.92 Å². The van der Waals surface area contributed by atoms with Crippen molar-refractivity contribution in [3.8, 4) is 5.88 Å². The third kappa shape index (κ3) is 3.74. The molecule has 0 spiro atoms. The van der Waals surface area contributed by atoms with Gasteiger partial charge in [0.1, 0.15) is 5.56 Å². The molecule has 24 heavy (non-hydrogen) atoms. The fourth-order valence-electron chi connectivity index (χ4n) is 1.98. The van der Waals surface area contributed by atoms with Gasteiger partial charge in [-0.3, -0.25) is 24.1 Å². The van der Waals surface area contributed by atoms with Gasteiger partial charge in [-0.15, -0.1) is 0 Å². The summed E-state index contributed by atoms with van der Waals surface area (Å²) in [4.78, 5) is 30.1. The third-order valence-corrected chi connectivity index (χ3v) is 3.79. The molecule has 3 N–H and O–H groups in total. The lowest BCUT2D eigenvalue weighted by Crippen LogP contribution is -2.22. The quantitative estimate of drug-likeness (QED) is 0.433. The maximum Gasteiger partial charge on any atom is 0.271 e. The van der Waals surface area contributed by atoms with E-state index in [1.54, 1.807) is 0 Å². The van der Waals surface area contributed by atoms with Crippen LogP contribution >= 0.6 is 12.2 Å². The van der Waals surface area contributed by atoms with Crippen LogP contribution in [0.15, 0.2) is 34.4 Å². The highest BCUT2D eigenvalue weighted by molar-refractivity contribution is 7.71. The van der Waals surface area contributed by atoms with E-state index >= 15 is 0 Å². The summed E-state index contributed by atoms with van der Waals surface area (Å²) in [5.74, 6) is -0.751. The van der Waals surface area contributed by atoms with Crippen LogP contribution in [0.1, 0.15) is 42.2 Å². The van der Waals surface area contributed by atoms with Crippen molar-refractivity contribution in [2.75, 3.05) is 0 Å². The zero-order valence-electron chi connectivity index (χ0n) is 13.2. The molecule has 0 saturated heterocycles. The van der Waals surface area contributed by atoms with E-state index in [0.717, 1.165) is 6.21 Å². The maximum absolute atomic E-state index is 12.0. The Bertz CT molecular complexity index is 873. The molecule has 0 aliphatic heterocycles. The smallest absolute Gasteiger partial charge is 0.271 e. The van der Waals surface area contributed by atoms with Crippen LogP contribution in [0.3, 0.4) is 0 Å². The fraction of sp³-hybridized carbons (Fsp3) is 0.267. The summed E-state index contributed by atoms with van der Waals surface area (Å²) in [7, 11) is 0. The van der Waals surface area contributed by atoms with Crippen molar-refractivity contribution in [3.63, 3.8) is 0 Å². The van der Waals surface area contributed by atoms with Crippen molar-refractivity contribution in [2.24, 2.45) is 5.10 Å². The molecule has 9 heteroatoms. The minimum atomic E-state index is -0.584. The van der Waals surface area contributed by atoms with E-state index in [2.05, 4.69) is 20.5 Å². The summed E-state index contributed by atoms with van der Waals surface area (Å²) in [6.07, 6.45) is 4.75. The molecular formula is C15H17N5O3S. The molecule has 0 aliphatic rings. The maximum atomic E-state index is 12.0. The second-order valence-corrected chi connectivity index (χ2v) is 5.45. The SMILES string of the molecule is CC[C@H](C)n1c(O)c(C=NNC(=O)c2ccncc2)c(=O)[nH]c1=S. The van der Waals surface area contributed by atoms with Crippen LogP contribution in [0.2, 0.25) is 0 Å². The van der Waals surface area contributed by atoms with Crippen molar-refractivity contribution in [1.29, 1.82) is 0 Å². The Hall–Kier alpha value is -2.81. The molecule has 0 fully saturated rings. The monoisotopic (exact) mass is 347 g/mol. The van der Waals surface area contributed by atoms with Crippen molar-refractivity contribution in [1.82, 2.24) is 20.0 Å². The largest absolute Gasteiger partial charge is 0.494 e. The molecule has 8 nitrogen and oxygen atoms in total. The van der Waals surface area contributed by atoms with Gasteiger partial charge in [0.05, 0.1) is 6.21 Å². The summed E-state index contributed by atoms with van der Waals surface area (Å²) in [5.41, 5.74) is 1.99. The highest BCUT2D eigenvalue weighted by Gasteiger charge is 2.14. The van der Waals surface area contributed by atoms with Crippen LogP contribution in [0.5, 0.6) is 5.88 Å². The molecule has 2 aromatic heterocycles. The minimum absolute atomic E-state index is 0.0843. The predicted molar refractivity (Wildman–Crippen MR) is 91.9 cm³/mol. The Morgan fingerprint density at radius 3 is 2.83 bits per heavy atom. The molecular weight excluding hydrogens is 330 g/mol. The van der Waals surface area contributed by atoms with E-state index in [0.29, 0.717) is 12.0 Å². The number of rotatable bonds is 5. The predicted octanol–water partition coefficient (Wildman–Crippen LogP) is 1.74. The van der Waals surface area contributed by atoms with E-state index in [1.165, 1.54) is 29.1 Å². The number of carbonyl (C=O) groups is 1. The molecule has 1 amide bonds. The van der Waals surface area contributed by atoms with Crippen LogP contribution in [0.25, 0.3) is 0 Å². The molecule has 0 unspecified atom stereocenters. The summed E-state index contributed by atoms with van der Waals surface area (Å²) >= 11 is 5.07. The van der Waals surface area contributed by atoms with Crippen molar-refractivity contribution in [3.05, 3.63) is 50.8 Å². The van der Waals surface area contributed by atoms with E-state index < -0.39 is 11.5 Å². The van der Waals surface area contributed by atoms with Crippen LogP contribution in [0, 0.1) is 4.77 Å². The number of hydrogen-bond acceptors (Lipinski definition) is 6. The van der Waals surface area contributed by atoms with Gasteiger partial charge in [0.2, 0.25) is 5.88 Å². The summed E-state index contributed by atoms with van der Waals surface area (Å²) in [6.45, 7) is 3.79. The lowest BCUT2D eigenvalue weighted by atomic mass is 10.2. The van der Waals surface area contributed by atoms with Crippen molar-refractivity contribution < 1.29 is 9.90 Å². The van der Waals surface area contributed by atoms with Crippen molar-refractivity contribution in [2.45, 2.75) is 26.3 Å². The number of nitrogens with zero attached hydrogens (tertiary/aromatic N) is 3. The topological polar surface area (TPSA) is 112 Å². The molecule has 2 heterocycles. The van der Waals surface area contributed by atoms with E-state index in [-0.39, 0.29) is 22.3 Å². The van der Waals surface area contributed by atoms with Crippen LogP contribution in [0.4, 0.5) is 0 Å². The van der Waals surface area contributed by atoms with E-state index in [9.17, 15) is 14.7 Å². The first-order valence-electron chi connectivity index (χ1n) is 7.26. The minimum Gasteiger partial charge on any atom is -0.494 e. The van der Waals surface area contributed by atoms with Crippen molar-refractivity contribution >= 4 is 24.3 Å². The second-order valence-electron chi connectivity index (χ2n) is 5.06. The highest BCUT2D eigenvalue weighted by Crippen LogP contribution is 2.19. The highest BCUT2D eigenvalue weighted by atomic mass is 32.1. The number of aromatic nitrogens is 3. The molecule has 0 radical (unpaired) electrons. The van der Waals surface area contributed by atoms with Gasteiger partial charge in [-0.25, -0.2) is 5.43 Å². The van der Waals surface area contributed by atoms with Gasteiger partial charge >= 0.3 is 0 Å². The number of aromatic hydroxyl groups is 1. The Morgan fingerprint density at radius 1 is 1.54 bits per heavy atom. The first kappa shape index (κ1) is 17.5. The van der Waals surface area contributed by atoms with Gasteiger partial charge < -0.3 is 5.11 Å². The molecule has 0 aromatic carbocycles. The number of hydrogen-bond donors (Lipinski definition) is 3. The van der Waals surface area contributed by atoms with Gasteiger partial charge in [0, 0.05) is 24.0 Å². The molecule has 1 atom stereocenters. The molecule has 0 aliphatic carbocycles. The lowest BCUT2D eigenvalue weighted by molar-refractivity contribution is 0.0955. The summed E-state index contributed by atoms with van der Waals surface area (Å²) in [6, 6.07) is 2.95. The van der Waals surface area contributed by atoms with Gasteiger partial charge in [0.15, 0.2) is 4.77 Å². The van der Waals surface area contributed by atoms with Gasteiger partial charge in [0.25, 0.3) is 11.5 Å². The first-order valence-corrected chi connectivity index (χ1v) is 7.67. The Labute approximate surface area is 142 Å². The molecule has 2 aromatic rings. The summed E-state index contributed by atoms with van der Waals surface area (Å²) < 4.78 is 1.56. The number of aromatic amines is 1. The van der Waals surface area contributed by atoms with Gasteiger partial charge in [-0.05, 0) is 37.7 Å². The van der Waals surface area contributed by atoms with Crippen LogP contribution < -0.4 is 11.0 Å². The van der Waals surface area contributed by atoms with E-state index in [4.69, 9.17) is 12.2 Å². The average Bonchev–Trinajstić information content (AvgIpc) is 2.57. The number of amides is 1. The normalized spacial score (nSPS) is 12.2. The summed E-state index contributed by atoms with van der Waals surface area (Å²) in [5, 5.41) is 14.0. The standard InChI is InChI=1S/C15H17N5O3S/c1-3-9(2)20-14(23)11(13(22)18-15(20)24)8-17-19-12(21)10-4-6-16-7-5-10/h4-9,23H,3H2,1-2H3,(H,19,21)(H,18,22,24)/t9-/m0/s1. The number of carbonyl (C=O) groups excluding carboxylic acids is 1. The Kier molecular flexibility index (Phi) is 5.59. The molecule has 0 bridgehead atoms. The van der Waals surface area contributed by atoms with Crippen LogP contribution in [-0.4, -0.2) is 31.8 Å². The van der Waals surface area contributed by atoms with Crippen LogP contribution in [-0.2, 0) is 0 Å². The fourth-order valence-corrected chi connectivity index (χ4v) is 2.34. The Balaban J connectivity index is 2.28. The molecule has 0 saturated carbocycles. The van der Waals surface area contributed by atoms with E-state index in [1.807, 2.05) is 13.8 Å². The third-order valence-electron chi connectivity index (χ3n) is 3.49. The molecule has 126 valence electrons. The second kappa shape index (κ2) is 7.64. The zero-order chi connectivity index (χ0) is 17.7. The number of hydrazone groups is 1.